The van der Waals surface area contributed by atoms with E-state index in [1.165, 1.54) is 22.4 Å². The van der Waals surface area contributed by atoms with E-state index in [0.29, 0.717) is 19.5 Å². The van der Waals surface area contributed by atoms with Gasteiger partial charge < -0.3 is 15.4 Å². The highest BCUT2D eigenvalue weighted by atomic mass is 16.5. The molecule has 2 aromatic carbocycles. The van der Waals surface area contributed by atoms with E-state index in [4.69, 9.17) is 4.74 Å². The highest BCUT2D eigenvalue weighted by Gasteiger charge is 2.07. The topological polar surface area (TPSA) is 50.4 Å². The van der Waals surface area contributed by atoms with Crippen LogP contribution in [0.2, 0.25) is 0 Å². The number of amides is 1. The van der Waals surface area contributed by atoms with Crippen LogP contribution in [-0.4, -0.2) is 26.1 Å². The van der Waals surface area contributed by atoms with Crippen LogP contribution in [0, 0.1) is 0 Å². The number of nitrogens with one attached hydrogen (secondary N) is 2. The average Bonchev–Trinajstić information content (AvgIpc) is 2.68. The molecular weight excluding hydrogens is 324 g/mol. The third-order valence-corrected chi connectivity index (χ3v) is 4.55. The molecule has 1 amide bonds. The number of para-hydroxylation sites is 1. The fraction of sp³-hybridized carbons (Fsp3) is 0.409. The first-order chi connectivity index (χ1) is 12.7. The summed E-state index contributed by atoms with van der Waals surface area (Å²) < 4.78 is 5.15. The number of carbonyl (C=O) groups is 1. The maximum Gasteiger partial charge on any atom is 0.221 e. The SMILES string of the molecule is CCc1cccc(CC)c1NCCC(=O)NCCc1ccc(OC)cc1. The molecule has 0 radical (unpaired) electrons. The van der Waals surface area contributed by atoms with Crippen LogP contribution in [0.3, 0.4) is 0 Å². The van der Waals surface area contributed by atoms with Gasteiger partial charge in [-0.05, 0) is 48.1 Å². The van der Waals surface area contributed by atoms with Gasteiger partial charge in [-0.15, -0.1) is 0 Å². The quantitative estimate of drug-likeness (QED) is 0.678. The Morgan fingerprint density at radius 3 is 2.19 bits per heavy atom. The zero-order valence-corrected chi connectivity index (χ0v) is 16.1. The Bertz CT molecular complexity index is 674. The van der Waals surface area contributed by atoms with Crippen molar-refractivity contribution < 1.29 is 9.53 Å². The molecule has 2 rings (SSSR count). The Balaban J connectivity index is 1.73. The Kier molecular flexibility index (Phi) is 8.00. The molecule has 0 saturated heterocycles. The minimum absolute atomic E-state index is 0.0815. The standard InChI is InChI=1S/C22H30N2O2/c1-4-18-7-6-8-19(5-2)22(18)24-16-14-21(25)23-15-13-17-9-11-20(26-3)12-10-17/h6-12,24H,4-5,13-16H2,1-3H3,(H,23,25). The maximum absolute atomic E-state index is 12.1. The molecule has 4 nitrogen and oxygen atoms in total. The van der Waals surface area contributed by atoms with Gasteiger partial charge in [0.25, 0.3) is 0 Å². The minimum Gasteiger partial charge on any atom is -0.497 e. The third kappa shape index (κ3) is 5.80. The van der Waals surface area contributed by atoms with Crippen LogP contribution in [0.15, 0.2) is 42.5 Å². The second-order valence-electron chi connectivity index (χ2n) is 6.28. The fourth-order valence-electron chi connectivity index (χ4n) is 3.00. The first kappa shape index (κ1) is 19.8. The highest BCUT2D eigenvalue weighted by Crippen LogP contribution is 2.22. The molecule has 140 valence electrons. The molecule has 0 aromatic heterocycles. The second-order valence-corrected chi connectivity index (χ2v) is 6.28. The van der Waals surface area contributed by atoms with Crippen LogP contribution >= 0.6 is 0 Å². The summed E-state index contributed by atoms with van der Waals surface area (Å²) in [5.74, 6) is 0.931. The van der Waals surface area contributed by atoms with Gasteiger partial charge in [-0.25, -0.2) is 0 Å². The molecule has 0 aliphatic heterocycles. The third-order valence-electron chi connectivity index (χ3n) is 4.55. The van der Waals surface area contributed by atoms with Crippen molar-refractivity contribution in [3.05, 3.63) is 59.2 Å². The number of ether oxygens (including phenoxy) is 1. The summed E-state index contributed by atoms with van der Waals surface area (Å²) in [7, 11) is 1.66. The Morgan fingerprint density at radius 1 is 0.962 bits per heavy atom. The van der Waals surface area contributed by atoms with E-state index in [1.807, 2.05) is 24.3 Å². The van der Waals surface area contributed by atoms with Gasteiger partial charge in [0.2, 0.25) is 5.91 Å². The Hall–Kier alpha value is -2.49. The smallest absolute Gasteiger partial charge is 0.221 e. The number of hydrogen-bond acceptors (Lipinski definition) is 3. The first-order valence-corrected chi connectivity index (χ1v) is 9.42. The molecule has 0 bridgehead atoms. The molecule has 0 saturated carbocycles. The van der Waals surface area contributed by atoms with Gasteiger partial charge in [0.1, 0.15) is 5.75 Å². The van der Waals surface area contributed by atoms with Gasteiger partial charge in [-0.1, -0.05) is 44.2 Å². The van der Waals surface area contributed by atoms with Gasteiger partial charge in [0.05, 0.1) is 7.11 Å². The van der Waals surface area contributed by atoms with Crippen LogP contribution in [0.25, 0.3) is 0 Å². The highest BCUT2D eigenvalue weighted by molar-refractivity contribution is 5.76. The molecule has 0 atom stereocenters. The van der Waals surface area contributed by atoms with Crippen LogP contribution < -0.4 is 15.4 Å². The van der Waals surface area contributed by atoms with E-state index in [1.54, 1.807) is 7.11 Å². The Morgan fingerprint density at radius 2 is 1.62 bits per heavy atom. The number of rotatable bonds is 10. The van der Waals surface area contributed by atoms with Crippen molar-refractivity contribution in [1.29, 1.82) is 0 Å². The molecule has 0 aliphatic rings. The monoisotopic (exact) mass is 354 g/mol. The lowest BCUT2D eigenvalue weighted by molar-refractivity contribution is -0.120. The zero-order chi connectivity index (χ0) is 18.8. The second kappa shape index (κ2) is 10.5. The maximum atomic E-state index is 12.1. The number of carbonyl (C=O) groups excluding carboxylic acids is 1. The minimum atomic E-state index is 0.0815. The number of anilines is 1. The summed E-state index contributed by atoms with van der Waals surface area (Å²) in [5.41, 5.74) is 5.01. The number of hydrogen-bond donors (Lipinski definition) is 2. The molecule has 0 spiro atoms. The van der Waals surface area contributed by atoms with Crippen LogP contribution in [-0.2, 0) is 24.1 Å². The summed E-state index contributed by atoms with van der Waals surface area (Å²) in [6.07, 6.45) is 3.28. The van der Waals surface area contributed by atoms with Gasteiger partial charge in [-0.3, -0.25) is 4.79 Å². The number of methoxy groups -OCH3 is 1. The molecule has 0 fully saturated rings. The van der Waals surface area contributed by atoms with Crippen molar-refractivity contribution in [3.63, 3.8) is 0 Å². The van der Waals surface area contributed by atoms with E-state index in [9.17, 15) is 4.79 Å². The lowest BCUT2D eigenvalue weighted by atomic mass is 10.0. The summed E-state index contributed by atoms with van der Waals surface area (Å²) in [6.45, 7) is 5.62. The summed E-state index contributed by atoms with van der Waals surface area (Å²) in [5, 5.41) is 6.45. The van der Waals surface area contributed by atoms with Gasteiger partial charge in [0.15, 0.2) is 0 Å². The van der Waals surface area contributed by atoms with Crippen molar-refractivity contribution in [2.75, 3.05) is 25.5 Å². The van der Waals surface area contributed by atoms with Gasteiger partial charge in [0, 0.05) is 25.2 Å². The van der Waals surface area contributed by atoms with Crippen LogP contribution in [0.1, 0.15) is 37.0 Å². The zero-order valence-electron chi connectivity index (χ0n) is 16.1. The molecule has 2 aromatic rings. The summed E-state index contributed by atoms with van der Waals surface area (Å²) in [6, 6.07) is 14.3. The van der Waals surface area contributed by atoms with Crippen molar-refractivity contribution in [3.8, 4) is 5.75 Å². The molecular formula is C22H30N2O2. The van der Waals surface area contributed by atoms with E-state index >= 15 is 0 Å². The van der Waals surface area contributed by atoms with Crippen LogP contribution in [0.4, 0.5) is 5.69 Å². The normalized spacial score (nSPS) is 10.4. The van der Waals surface area contributed by atoms with Crippen molar-refractivity contribution in [1.82, 2.24) is 5.32 Å². The van der Waals surface area contributed by atoms with Crippen molar-refractivity contribution >= 4 is 11.6 Å². The molecule has 0 aliphatic carbocycles. The number of aryl methyl sites for hydroxylation is 2. The molecule has 26 heavy (non-hydrogen) atoms. The van der Waals surface area contributed by atoms with Gasteiger partial charge >= 0.3 is 0 Å². The average molecular weight is 354 g/mol. The lowest BCUT2D eigenvalue weighted by Gasteiger charge is -2.15. The van der Waals surface area contributed by atoms with Crippen LogP contribution in [0.5, 0.6) is 5.75 Å². The number of benzene rings is 2. The summed E-state index contributed by atoms with van der Waals surface area (Å²) in [4.78, 5) is 12.1. The molecule has 2 N–H and O–H groups in total. The predicted molar refractivity (Wildman–Crippen MR) is 108 cm³/mol. The van der Waals surface area contributed by atoms with Gasteiger partial charge in [-0.2, -0.15) is 0 Å². The fourth-order valence-corrected chi connectivity index (χ4v) is 3.00. The first-order valence-electron chi connectivity index (χ1n) is 9.42. The predicted octanol–water partition coefficient (Wildman–Crippen LogP) is 3.98. The molecule has 4 heteroatoms. The Labute approximate surface area is 157 Å². The largest absolute Gasteiger partial charge is 0.497 e. The van der Waals surface area contributed by atoms with Crippen molar-refractivity contribution in [2.24, 2.45) is 0 Å². The van der Waals surface area contributed by atoms with Crippen molar-refractivity contribution in [2.45, 2.75) is 39.5 Å². The van der Waals surface area contributed by atoms with E-state index < -0.39 is 0 Å². The summed E-state index contributed by atoms with van der Waals surface area (Å²) >= 11 is 0. The molecule has 0 unspecified atom stereocenters. The van der Waals surface area contributed by atoms with E-state index in [0.717, 1.165) is 25.0 Å². The van der Waals surface area contributed by atoms with E-state index in [-0.39, 0.29) is 5.91 Å². The molecule has 0 heterocycles. The van der Waals surface area contributed by atoms with E-state index in [2.05, 4.69) is 42.7 Å². The lowest BCUT2D eigenvalue weighted by Crippen LogP contribution is -2.27.